The molecule has 0 spiro atoms. The van der Waals surface area contributed by atoms with Gasteiger partial charge in [-0.25, -0.2) is 0 Å². The van der Waals surface area contributed by atoms with E-state index in [1.807, 2.05) is 0 Å². The van der Waals surface area contributed by atoms with E-state index in [4.69, 9.17) is 17.5 Å². The van der Waals surface area contributed by atoms with Gasteiger partial charge in [0.05, 0.1) is 36.2 Å². The number of esters is 1. The minimum atomic E-state index is -0.289. The van der Waals surface area contributed by atoms with Gasteiger partial charge in [0, 0.05) is 6.54 Å². The SMILES string of the molecule is COC(=O)CCn1c(=S)[nH]c2ccc(C#N)cc21. The van der Waals surface area contributed by atoms with Crippen molar-refractivity contribution in [2.75, 3.05) is 7.11 Å². The second kappa shape index (κ2) is 5.02. The van der Waals surface area contributed by atoms with E-state index in [1.54, 1.807) is 22.8 Å². The number of aryl methyl sites for hydroxylation is 1. The highest BCUT2D eigenvalue weighted by molar-refractivity contribution is 7.71. The summed E-state index contributed by atoms with van der Waals surface area (Å²) in [5.41, 5.74) is 2.23. The van der Waals surface area contributed by atoms with Gasteiger partial charge in [-0.1, -0.05) is 0 Å². The van der Waals surface area contributed by atoms with E-state index in [2.05, 4.69) is 15.8 Å². The maximum Gasteiger partial charge on any atom is 0.307 e. The number of H-pyrrole nitrogens is 1. The fourth-order valence-corrected chi connectivity index (χ4v) is 2.05. The molecule has 18 heavy (non-hydrogen) atoms. The number of fused-ring (bicyclic) bond motifs is 1. The average Bonchev–Trinajstić information content (AvgIpc) is 2.70. The third kappa shape index (κ3) is 2.26. The summed E-state index contributed by atoms with van der Waals surface area (Å²) in [5, 5.41) is 8.88. The summed E-state index contributed by atoms with van der Waals surface area (Å²) in [6.07, 6.45) is 0.245. The first kappa shape index (κ1) is 12.3. The van der Waals surface area contributed by atoms with E-state index < -0.39 is 0 Å². The molecule has 1 aromatic heterocycles. The van der Waals surface area contributed by atoms with Crippen LogP contribution < -0.4 is 0 Å². The van der Waals surface area contributed by atoms with Crippen molar-refractivity contribution in [3.05, 3.63) is 28.5 Å². The first-order valence-corrected chi connectivity index (χ1v) is 5.76. The lowest BCUT2D eigenvalue weighted by molar-refractivity contribution is -0.140. The van der Waals surface area contributed by atoms with Gasteiger partial charge in [0.1, 0.15) is 0 Å². The molecule has 0 bridgehead atoms. The molecule has 1 N–H and O–H groups in total. The Morgan fingerprint density at radius 1 is 1.61 bits per heavy atom. The molecule has 1 aromatic carbocycles. The van der Waals surface area contributed by atoms with Crippen LogP contribution in [-0.2, 0) is 16.1 Å². The van der Waals surface area contributed by atoms with Crippen molar-refractivity contribution in [2.24, 2.45) is 0 Å². The zero-order valence-corrected chi connectivity index (χ0v) is 10.6. The summed E-state index contributed by atoms with van der Waals surface area (Å²) in [6.45, 7) is 0.431. The summed E-state index contributed by atoms with van der Waals surface area (Å²) in [7, 11) is 1.35. The van der Waals surface area contributed by atoms with E-state index in [9.17, 15) is 4.79 Å². The van der Waals surface area contributed by atoms with Crippen LogP contribution in [0.1, 0.15) is 12.0 Å². The zero-order chi connectivity index (χ0) is 13.1. The lowest BCUT2D eigenvalue weighted by Crippen LogP contribution is -2.07. The molecule has 2 aromatic rings. The van der Waals surface area contributed by atoms with Crippen LogP contribution in [0.5, 0.6) is 0 Å². The number of imidazole rings is 1. The van der Waals surface area contributed by atoms with Gasteiger partial charge >= 0.3 is 5.97 Å². The normalized spacial score (nSPS) is 10.2. The topological polar surface area (TPSA) is 70.8 Å². The van der Waals surface area contributed by atoms with E-state index in [0.717, 1.165) is 11.0 Å². The molecule has 0 saturated carbocycles. The van der Waals surface area contributed by atoms with Crippen molar-refractivity contribution in [3.8, 4) is 6.07 Å². The van der Waals surface area contributed by atoms with E-state index in [0.29, 0.717) is 16.9 Å². The number of carbonyl (C=O) groups is 1. The predicted molar refractivity (Wildman–Crippen MR) is 68.5 cm³/mol. The van der Waals surface area contributed by atoms with Crippen LogP contribution in [0.15, 0.2) is 18.2 Å². The summed E-state index contributed by atoms with van der Waals surface area (Å²) >= 11 is 5.19. The molecule has 92 valence electrons. The first-order valence-electron chi connectivity index (χ1n) is 5.35. The number of aromatic amines is 1. The van der Waals surface area contributed by atoms with Gasteiger partial charge < -0.3 is 14.3 Å². The number of hydrogen-bond donors (Lipinski definition) is 1. The molecule has 0 saturated heterocycles. The number of benzene rings is 1. The molecule has 1 heterocycles. The van der Waals surface area contributed by atoms with Crippen LogP contribution in [0.2, 0.25) is 0 Å². The molecule has 6 heteroatoms. The maximum absolute atomic E-state index is 11.1. The second-order valence-electron chi connectivity index (χ2n) is 3.75. The number of nitrogens with zero attached hydrogens (tertiary/aromatic N) is 2. The molecule has 0 amide bonds. The lowest BCUT2D eigenvalue weighted by atomic mass is 10.2. The predicted octanol–water partition coefficient (Wildman–Crippen LogP) is 2.13. The quantitative estimate of drug-likeness (QED) is 0.678. The Morgan fingerprint density at radius 3 is 3.06 bits per heavy atom. The van der Waals surface area contributed by atoms with Crippen LogP contribution in [0.4, 0.5) is 0 Å². The fourth-order valence-electron chi connectivity index (χ4n) is 1.75. The average molecular weight is 261 g/mol. The van der Waals surface area contributed by atoms with Crippen molar-refractivity contribution < 1.29 is 9.53 Å². The third-order valence-electron chi connectivity index (χ3n) is 2.67. The number of ether oxygens (including phenoxy) is 1. The van der Waals surface area contributed by atoms with Gasteiger partial charge in [-0.15, -0.1) is 0 Å². The minimum absolute atomic E-state index is 0.245. The van der Waals surface area contributed by atoms with E-state index in [1.165, 1.54) is 7.11 Å². The van der Waals surface area contributed by atoms with Gasteiger partial charge in [-0.05, 0) is 30.4 Å². The number of carbonyl (C=O) groups excluding carboxylic acids is 1. The summed E-state index contributed by atoms with van der Waals surface area (Å²) < 4.78 is 6.92. The van der Waals surface area contributed by atoms with Gasteiger partial charge in [-0.2, -0.15) is 5.26 Å². The molecule has 0 aliphatic carbocycles. The molecular weight excluding hydrogens is 250 g/mol. The number of aromatic nitrogens is 2. The molecule has 0 radical (unpaired) electrons. The smallest absolute Gasteiger partial charge is 0.307 e. The summed E-state index contributed by atoms with van der Waals surface area (Å²) in [4.78, 5) is 14.2. The molecule has 0 aliphatic heterocycles. The number of nitriles is 1. The standard InChI is InChI=1S/C12H11N3O2S/c1-17-11(16)4-5-15-10-6-8(7-13)2-3-9(10)14-12(15)18/h2-3,6H,4-5H2,1H3,(H,14,18). The van der Waals surface area contributed by atoms with Crippen molar-refractivity contribution in [3.63, 3.8) is 0 Å². The van der Waals surface area contributed by atoms with Gasteiger partial charge in [0.15, 0.2) is 4.77 Å². The maximum atomic E-state index is 11.1. The fraction of sp³-hybridized carbons (Fsp3) is 0.250. The van der Waals surface area contributed by atoms with Gasteiger partial charge in [-0.3, -0.25) is 4.79 Å². The Kier molecular flexibility index (Phi) is 3.44. The highest BCUT2D eigenvalue weighted by atomic mass is 32.1. The van der Waals surface area contributed by atoms with Crippen molar-refractivity contribution in [2.45, 2.75) is 13.0 Å². The van der Waals surface area contributed by atoms with Crippen LogP contribution in [-0.4, -0.2) is 22.6 Å². The Hall–Kier alpha value is -2.13. The molecule has 0 atom stereocenters. The van der Waals surface area contributed by atoms with Crippen LogP contribution in [0.3, 0.4) is 0 Å². The number of nitrogens with one attached hydrogen (secondary N) is 1. The third-order valence-corrected chi connectivity index (χ3v) is 2.99. The van der Waals surface area contributed by atoms with Crippen LogP contribution in [0.25, 0.3) is 11.0 Å². The van der Waals surface area contributed by atoms with Crippen molar-refractivity contribution in [1.29, 1.82) is 5.26 Å². The molecule has 5 nitrogen and oxygen atoms in total. The van der Waals surface area contributed by atoms with Crippen molar-refractivity contribution in [1.82, 2.24) is 9.55 Å². The number of rotatable bonds is 3. The van der Waals surface area contributed by atoms with Crippen LogP contribution >= 0.6 is 12.2 Å². The minimum Gasteiger partial charge on any atom is -0.469 e. The van der Waals surface area contributed by atoms with E-state index in [-0.39, 0.29) is 12.4 Å². The molecule has 0 unspecified atom stereocenters. The summed E-state index contributed by atoms with van der Waals surface area (Å²) in [6, 6.07) is 7.35. The Labute approximate surface area is 109 Å². The van der Waals surface area contributed by atoms with Gasteiger partial charge in [0.2, 0.25) is 0 Å². The summed E-state index contributed by atoms with van der Waals surface area (Å²) in [5.74, 6) is -0.289. The van der Waals surface area contributed by atoms with Crippen LogP contribution in [0, 0.1) is 16.1 Å². The highest BCUT2D eigenvalue weighted by Crippen LogP contribution is 2.16. The Bertz CT molecular complexity index is 693. The monoisotopic (exact) mass is 261 g/mol. The van der Waals surface area contributed by atoms with E-state index >= 15 is 0 Å². The molecular formula is C12H11N3O2S. The highest BCUT2D eigenvalue weighted by Gasteiger charge is 2.07. The zero-order valence-electron chi connectivity index (χ0n) is 9.77. The van der Waals surface area contributed by atoms with Gasteiger partial charge in [0.25, 0.3) is 0 Å². The Morgan fingerprint density at radius 2 is 2.39 bits per heavy atom. The largest absolute Gasteiger partial charge is 0.469 e. The molecule has 0 aliphatic rings. The molecule has 0 fully saturated rings. The first-order chi connectivity index (χ1) is 8.65. The van der Waals surface area contributed by atoms with Crippen molar-refractivity contribution >= 4 is 29.2 Å². The lowest BCUT2D eigenvalue weighted by Gasteiger charge is -2.03. The molecule has 2 rings (SSSR count). The number of methoxy groups -OCH3 is 1. The number of hydrogen-bond acceptors (Lipinski definition) is 4. The Balaban J connectivity index is 2.43. The second-order valence-corrected chi connectivity index (χ2v) is 4.14.